The number of benzene rings is 3. The first-order chi connectivity index (χ1) is 17.3. The van der Waals surface area contributed by atoms with Crippen molar-refractivity contribution in [3.05, 3.63) is 90.5 Å². The highest BCUT2D eigenvalue weighted by atomic mass is 28.4. The summed E-state index contributed by atoms with van der Waals surface area (Å²) in [4.78, 5) is 15.0. The predicted molar refractivity (Wildman–Crippen MR) is 146 cm³/mol. The molecule has 1 amide bonds. The Morgan fingerprint density at radius 1 is 0.861 bits per heavy atom. The maximum Gasteiger partial charge on any atom is 0.261 e. The summed E-state index contributed by atoms with van der Waals surface area (Å²) in [6.07, 6.45) is 1.03. The molecule has 6 heteroatoms. The molecular formula is C30H37NO4Si. The molecule has 1 unspecified atom stereocenters. The molecule has 0 N–H and O–H groups in total. The van der Waals surface area contributed by atoms with Crippen molar-refractivity contribution >= 4 is 24.6 Å². The van der Waals surface area contributed by atoms with Crippen LogP contribution in [-0.4, -0.2) is 45.7 Å². The van der Waals surface area contributed by atoms with Gasteiger partial charge in [0.25, 0.3) is 8.32 Å². The van der Waals surface area contributed by atoms with E-state index in [1.165, 1.54) is 10.4 Å². The van der Waals surface area contributed by atoms with E-state index in [4.69, 9.17) is 13.9 Å². The van der Waals surface area contributed by atoms with Crippen molar-refractivity contribution < 1.29 is 18.7 Å². The molecule has 0 aromatic heterocycles. The third-order valence-corrected chi connectivity index (χ3v) is 12.3. The zero-order valence-electron chi connectivity index (χ0n) is 22.0. The number of hydrogen-bond acceptors (Lipinski definition) is 4. The van der Waals surface area contributed by atoms with Crippen molar-refractivity contribution in [3.8, 4) is 5.75 Å². The number of carbonyl (C=O) groups excluding carboxylic acids is 1. The molecule has 1 aliphatic rings. The van der Waals surface area contributed by atoms with Crippen LogP contribution in [0.5, 0.6) is 5.75 Å². The smallest absolute Gasteiger partial charge is 0.261 e. The molecule has 1 aliphatic heterocycles. The summed E-state index contributed by atoms with van der Waals surface area (Å²) in [7, 11) is 0.568. The number of rotatable bonds is 9. The van der Waals surface area contributed by atoms with Crippen LogP contribution in [0.15, 0.2) is 84.9 Å². The molecule has 1 fully saturated rings. The molecule has 3 aromatic carbocycles. The second-order valence-electron chi connectivity index (χ2n) is 10.4. The largest absolute Gasteiger partial charge is 0.497 e. The van der Waals surface area contributed by atoms with Crippen molar-refractivity contribution in [2.24, 2.45) is 0 Å². The Bertz CT molecular complexity index is 1110. The van der Waals surface area contributed by atoms with Crippen LogP contribution in [-0.2, 0) is 20.5 Å². The van der Waals surface area contributed by atoms with Crippen molar-refractivity contribution in [1.29, 1.82) is 0 Å². The molecule has 3 aromatic rings. The van der Waals surface area contributed by atoms with Crippen LogP contribution in [0, 0.1) is 0 Å². The quantitative estimate of drug-likeness (QED) is 0.396. The van der Waals surface area contributed by atoms with Crippen LogP contribution in [0.25, 0.3) is 0 Å². The number of ether oxygens (including phenoxy) is 2. The summed E-state index contributed by atoms with van der Waals surface area (Å²) in [6.45, 7) is 7.54. The van der Waals surface area contributed by atoms with Gasteiger partial charge in [-0.3, -0.25) is 4.79 Å². The van der Waals surface area contributed by atoms with Gasteiger partial charge in [0.05, 0.1) is 13.7 Å². The minimum Gasteiger partial charge on any atom is -0.497 e. The number of likely N-dealkylation sites (tertiary alicyclic amines) is 1. The summed E-state index contributed by atoms with van der Waals surface area (Å²) in [5.74, 6) is 0.873. The molecule has 0 radical (unpaired) electrons. The fraction of sp³-hybridized carbons (Fsp3) is 0.367. The van der Waals surface area contributed by atoms with Gasteiger partial charge < -0.3 is 18.8 Å². The minimum atomic E-state index is -2.77. The van der Waals surface area contributed by atoms with E-state index in [2.05, 4.69) is 69.3 Å². The summed E-state index contributed by atoms with van der Waals surface area (Å²) >= 11 is 0. The Morgan fingerprint density at radius 3 is 1.89 bits per heavy atom. The molecule has 36 heavy (non-hydrogen) atoms. The monoisotopic (exact) mass is 503 g/mol. The molecule has 5 nitrogen and oxygen atoms in total. The molecule has 0 aliphatic carbocycles. The van der Waals surface area contributed by atoms with E-state index in [9.17, 15) is 4.79 Å². The van der Waals surface area contributed by atoms with E-state index in [-0.39, 0.29) is 10.9 Å². The van der Waals surface area contributed by atoms with Gasteiger partial charge in [-0.2, -0.15) is 0 Å². The van der Waals surface area contributed by atoms with Crippen molar-refractivity contribution in [2.45, 2.75) is 50.9 Å². The lowest BCUT2D eigenvalue weighted by molar-refractivity contribution is -0.163. The third-order valence-electron chi connectivity index (χ3n) is 7.33. The first-order valence-corrected chi connectivity index (χ1v) is 14.4. The molecule has 190 valence electrons. The molecule has 0 bridgehead atoms. The maximum absolute atomic E-state index is 13.1. The van der Waals surface area contributed by atoms with E-state index in [0.717, 1.165) is 11.3 Å². The SMILES string of the molecule is COc1ccc(CN2C(=O)CCC2(CO[Si](c2ccccc2)(c2ccccc2)C(C)(C)C)OC)cc1. The van der Waals surface area contributed by atoms with Crippen LogP contribution < -0.4 is 15.1 Å². The molecular weight excluding hydrogens is 466 g/mol. The van der Waals surface area contributed by atoms with Crippen molar-refractivity contribution in [2.75, 3.05) is 20.8 Å². The van der Waals surface area contributed by atoms with Gasteiger partial charge in [-0.1, -0.05) is 93.6 Å². The summed E-state index contributed by atoms with van der Waals surface area (Å²) in [5.41, 5.74) is 0.197. The normalized spacial score (nSPS) is 18.5. The van der Waals surface area contributed by atoms with Crippen LogP contribution in [0.2, 0.25) is 5.04 Å². The van der Waals surface area contributed by atoms with Gasteiger partial charge in [0.15, 0.2) is 5.72 Å². The van der Waals surface area contributed by atoms with Crippen LogP contribution >= 0.6 is 0 Å². The van der Waals surface area contributed by atoms with Gasteiger partial charge >= 0.3 is 0 Å². The molecule has 4 rings (SSSR count). The summed E-state index contributed by atoms with van der Waals surface area (Å²) in [5, 5.41) is 2.26. The lowest BCUT2D eigenvalue weighted by atomic mass is 10.1. The van der Waals surface area contributed by atoms with Crippen molar-refractivity contribution in [1.82, 2.24) is 4.90 Å². The second-order valence-corrected chi connectivity index (χ2v) is 14.7. The van der Waals surface area contributed by atoms with E-state index in [1.54, 1.807) is 14.2 Å². The predicted octanol–water partition coefficient (Wildman–Crippen LogP) is 4.74. The summed E-state index contributed by atoms with van der Waals surface area (Å²) in [6, 6.07) is 28.9. The average molecular weight is 504 g/mol. The Balaban J connectivity index is 1.72. The topological polar surface area (TPSA) is 48.0 Å². The van der Waals surface area contributed by atoms with E-state index in [1.807, 2.05) is 41.3 Å². The summed E-state index contributed by atoms with van der Waals surface area (Å²) < 4.78 is 18.6. The van der Waals surface area contributed by atoms with Gasteiger partial charge in [0.1, 0.15) is 5.75 Å². The highest BCUT2D eigenvalue weighted by molar-refractivity contribution is 6.99. The number of nitrogens with zero attached hydrogens (tertiary/aromatic N) is 1. The van der Waals surface area contributed by atoms with E-state index < -0.39 is 14.0 Å². The van der Waals surface area contributed by atoms with Crippen LogP contribution in [0.4, 0.5) is 0 Å². The average Bonchev–Trinajstić information content (AvgIpc) is 3.20. The maximum atomic E-state index is 13.1. The Labute approximate surface area is 216 Å². The van der Waals surface area contributed by atoms with Crippen LogP contribution in [0.3, 0.4) is 0 Å². The van der Waals surface area contributed by atoms with Gasteiger partial charge in [0.2, 0.25) is 5.91 Å². The molecule has 1 heterocycles. The van der Waals surface area contributed by atoms with Gasteiger partial charge in [0, 0.05) is 26.5 Å². The lowest BCUT2D eigenvalue weighted by Crippen LogP contribution is -2.68. The second kappa shape index (κ2) is 10.6. The Hall–Kier alpha value is -2.93. The van der Waals surface area contributed by atoms with Crippen molar-refractivity contribution in [3.63, 3.8) is 0 Å². The fourth-order valence-corrected chi connectivity index (χ4v) is 9.95. The van der Waals surface area contributed by atoms with E-state index in [0.29, 0.717) is 26.0 Å². The van der Waals surface area contributed by atoms with Gasteiger partial charge in [-0.05, 0) is 33.1 Å². The minimum absolute atomic E-state index is 0.0821. The Kier molecular flexibility index (Phi) is 7.69. The molecule has 1 saturated heterocycles. The Morgan fingerprint density at radius 2 is 1.42 bits per heavy atom. The van der Waals surface area contributed by atoms with Gasteiger partial charge in [-0.25, -0.2) is 0 Å². The molecule has 0 spiro atoms. The first kappa shape index (κ1) is 26.1. The lowest BCUT2D eigenvalue weighted by Gasteiger charge is -2.46. The zero-order valence-corrected chi connectivity index (χ0v) is 23.0. The first-order valence-electron chi connectivity index (χ1n) is 12.5. The fourth-order valence-electron chi connectivity index (χ4n) is 5.35. The number of methoxy groups -OCH3 is 2. The standard InChI is InChI=1S/C30H37NO4Si/c1-29(2,3)36(26-12-8-6-9-13-26,27-14-10-7-11-15-27)35-23-30(34-5)21-20-28(32)31(30)22-24-16-18-25(33-4)19-17-24/h6-19H,20-23H2,1-5H3. The van der Waals surface area contributed by atoms with Crippen LogP contribution in [0.1, 0.15) is 39.2 Å². The molecule has 0 saturated carbocycles. The highest BCUT2D eigenvalue weighted by Gasteiger charge is 2.54. The highest BCUT2D eigenvalue weighted by Crippen LogP contribution is 2.40. The zero-order chi connectivity index (χ0) is 25.8. The van der Waals surface area contributed by atoms with E-state index >= 15 is 0 Å². The molecule has 1 atom stereocenters. The number of carbonyl (C=O) groups is 1. The third kappa shape index (κ3) is 4.85. The number of hydrogen-bond donors (Lipinski definition) is 0. The van der Waals surface area contributed by atoms with Gasteiger partial charge in [-0.15, -0.1) is 0 Å². The number of amides is 1.